The Morgan fingerprint density at radius 2 is 2.00 bits per heavy atom. The van der Waals surface area contributed by atoms with Gasteiger partial charge < -0.3 is 15.7 Å². The molecule has 84 valence electrons. The van der Waals surface area contributed by atoms with E-state index >= 15 is 0 Å². The molecule has 1 aliphatic rings. The molecule has 0 radical (unpaired) electrons. The highest BCUT2D eigenvalue weighted by Crippen LogP contribution is 2.18. The summed E-state index contributed by atoms with van der Waals surface area (Å²) in [6, 6.07) is 1.02. The zero-order valence-corrected chi connectivity index (χ0v) is 9.42. The van der Waals surface area contributed by atoms with Crippen LogP contribution in [0.1, 0.15) is 33.1 Å². The van der Waals surface area contributed by atoms with E-state index in [4.69, 9.17) is 5.11 Å². The van der Waals surface area contributed by atoms with Crippen molar-refractivity contribution < 1.29 is 5.11 Å². The van der Waals surface area contributed by atoms with E-state index in [-0.39, 0.29) is 0 Å². The van der Waals surface area contributed by atoms with Gasteiger partial charge in [0.2, 0.25) is 0 Å². The largest absolute Gasteiger partial charge is 0.396 e. The average molecular weight is 200 g/mol. The van der Waals surface area contributed by atoms with E-state index in [0.717, 1.165) is 25.4 Å². The van der Waals surface area contributed by atoms with Crippen LogP contribution < -0.4 is 10.6 Å². The SMILES string of the molecule is CC(C)N[C@@H](CCO)C1CCNCC1. The summed E-state index contributed by atoms with van der Waals surface area (Å²) >= 11 is 0. The number of hydrogen-bond donors (Lipinski definition) is 3. The second kappa shape index (κ2) is 6.38. The van der Waals surface area contributed by atoms with Crippen LogP contribution in [0.25, 0.3) is 0 Å². The molecule has 3 heteroatoms. The molecule has 1 atom stereocenters. The third-order valence-corrected chi connectivity index (χ3v) is 2.94. The number of rotatable bonds is 5. The lowest BCUT2D eigenvalue weighted by atomic mass is 9.88. The summed E-state index contributed by atoms with van der Waals surface area (Å²) in [5.74, 6) is 0.741. The van der Waals surface area contributed by atoms with Gasteiger partial charge in [0.25, 0.3) is 0 Å². The number of hydrogen-bond acceptors (Lipinski definition) is 3. The molecule has 1 fully saturated rings. The van der Waals surface area contributed by atoms with Crippen LogP contribution in [-0.2, 0) is 0 Å². The minimum atomic E-state index is 0.300. The third-order valence-electron chi connectivity index (χ3n) is 2.94. The normalized spacial score (nSPS) is 21.4. The first-order chi connectivity index (χ1) is 6.74. The fraction of sp³-hybridized carbons (Fsp3) is 1.00. The fourth-order valence-corrected chi connectivity index (χ4v) is 2.27. The summed E-state index contributed by atoms with van der Waals surface area (Å²) in [7, 11) is 0. The molecule has 0 bridgehead atoms. The highest BCUT2D eigenvalue weighted by Gasteiger charge is 2.23. The number of piperidine rings is 1. The zero-order valence-electron chi connectivity index (χ0n) is 9.42. The molecule has 0 spiro atoms. The Kier molecular flexibility index (Phi) is 5.45. The van der Waals surface area contributed by atoms with Crippen molar-refractivity contribution in [2.24, 2.45) is 5.92 Å². The van der Waals surface area contributed by atoms with Crippen LogP contribution in [0.15, 0.2) is 0 Å². The molecule has 0 aromatic heterocycles. The first kappa shape index (κ1) is 12.0. The Bertz CT molecular complexity index is 144. The minimum absolute atomic E-state index is 0.300. The lowest BCUT2D eigenvalue weighted by Gasteiger charge is -2.32. The highest BCUT2D eigenvalue weighted by molar-refractivity contribution is 4.81. The molecule has 1 heterocycles. The Labute approximate surface area is 87.3 Å². The average Bonchev–Trinajstić information content (AvgIpc) is 2.18. The van der Waals surface area contributed by atoms with E-state index in [1.807, 2.05) is 0 Å². The van der Waals surface area contributed by atoms with Crippen molar-refractivity contribution in [3.63, 3.8) is 0 Å². The van der Waals surface area contributed by atoms with Gasteiger partial charge in [-0.25, -0.2) is 0 Å². The zero-order chi connectivity index (χ0) is 10.4. The second-order valence-electron chi connectivity index (χ2n) is 4.53. The molecule has 0 unspecified atom stereocenters. The van der Waals surface area contributed by atoms with E-state index < -0.39 is 0 Å². The van der Waals surface area contributed by atoms with Gasteiger partial charge in [-0.1, -0.05) is 13.8 Å². The lowest BCUT2D eigenvalue weighted by Crippen LogP contribution is -2.44. The molecule has 1 rings (SSSR count). The Balaban J connectivity index is 2.38. The third kappa shape index (κ3) is 3.95. The van der Waals surface area contributed by atoms with Crippen LogP contribution in [0.2, 0.25) is 0 Å². The topological polar surface area (TPSA) is 44.3 Å². The summed E-state index contributed by atoms with van der Waals surface area (Å²) in [6.45, 7) is 6.91. The predicted molar refractivity (Wildman–Crippen MR) is 59.4 cm³/mol. The molecular formula is C11H24N2O. The molecule has 0 amide bonds. The molecule has 3 nitrogen and oxygen atoms in total. The maximum Gasteiger partial charge on any atom is 0.0445 e. The van der Waals surface area contributed by atoms with Gasteiger partial charge in [0.05, 0.1) is 0 Å². The van der Waals surface area contributed by atoms with Crippen molar-refractivity contribution in [2.45, 2.75) is 45.2 Å². The number of aliphatic hydroxyl groups is 1. The van der Waals surface area contributed by atoms with Crippen molar-refractivity contribution >= 4 is 0 Å². The summed E-state index contributed by atoms with van der Waals surface area (Å²) in [5.41, 5.74) is 0. The van der Waals surface area contributed by atoms with Crippen molar-refractivity contribution in [3.8, 4) is 0 Å². The maximum absolute atomic E-state index is 9.02. The molecular weight excluding hydrogens is 176 g/mol. The van der Waals surface area contributed by atoms with E-state index in [1.54, 1.807) is 0 Å². The number of aliphatic hydroxyl groups excluding tert-OH is 1. The summed E-state index contributed by atoms with van der Waals surface area (Å²) in [4.78, 5) is 0. The quantitative estimate of drug-likeness (QED) is 0.613. The van der Waals surface area contributed by atoms with Crippen molar-refractivity contribution in [3.05, 3.63) is 0 Å². The van der Waals surface area contributed by atoms with E-state index in [1.165, 1.54) is 12.8 Å². The first-order valence-corrected chi connectivity index (χ1v) is 5.81. The van der Waals surface area contributed by atoms with Gasteiger partial charge in [-0.2, -0.15) is 0 Å². The summed E-state index contributed by atoms with van der Waals surface area (Å²) < 4.78 is 0. The van der Waals surface area contributed by atoms with Crippen LogP contribution in [0, 0.1) is 5.92 Å². The molecule has 3 N–H and O–H groups in total. The molecule has 0 aromatic carbocycles. The van der Waals surface area contributed by atoms with E-state index in [9.17, 15) is 0 Å². The lowest BCUT2D eigenvalue weighted by molar-refractivity contribution is 0.205. The maximum atomic E-state index is 9.02. The van der Waals surface area contributed by atoms with Crippen molar-refractivity contribution in [2.75, 3.05) is 19.7 Å². The molecule has 1 aliphatic heterocycles. The predicted octanol–water partition coefficient (Wildman–Crippen LogP) is 0.735. The van der Waals surface area contributed by atoms with Gasteiger partial charge in [0.15, 0.2) is 0 Å². The van der Waals surface area contributed by atoms with Gasteiger partial charge in [0.1, 0.15) is 0 Å². The molecule has 0 aliphatic carbocycles. The minimum Gasteiger partial charge on any atom is -0.396 e. The Hall–Kier alpha value is -0.120. The van der Waals surface area contributed by atoms with Gasteiger partial charge in [0, 0.05) is 18.7 Å². The molecule has 0 aromatic rings. The second-order valence-corrected chi connectivity index (χ2v) is 4.53. The monoisotopic (exact) mass is 200 g/mol. The molecule has 14 heavy (non-hydrogen) atoms. The smallest absolute Gasteiger partial charge is 0.0445 e. The van der Waals surface area contributed by atoms with E-state index in [2.05, 4.69) is 24.5 Å². The van der Waals surface area contributed by atoms with Crippen LogP contribution in [-0.4, -0.2) is 36.9 Å². The van der Waals surface area contributed by atoms with Crippen LogP contribution in [0.5, 0.6) is 0 Å². The van der Waals surface area contributed by atoms with Gasteiger partial charge in [-0.05, 0) is 38.3 Å². The van der Waals surface area contributed by atoms with Crippen molar-refractivity contribution in [1.82, 2.24) is 10.6 Å². The Morgan fingerprint density at radius 1 is 1.36 bits per heavy atom. The van der Waals surface area contributed by atoms with Crippen LogP contribution >= 0.6 is 0 Å². The Morgan fingerprint density at radius 3 is 2.50 bits per heavy atom. The standard InChI is InChI=1S/C11H24N2O/c1-9(2)13-11(5-8-14)10-3-6-12-7-4-10/h9-14H,3-8H2,1-2H3/t11-/m0/s1. The van der Waals surface area contributed by atoms with Gasteiger partial charge in [-0.3, -0.25) is 0 Å². The van der Waals surface area contributed by atoms with Gasteiger partial charge >= 0.3 is 0 Å². The molecule has 1 saturated heterocycles. The van der Waals surface area contributed by atoms with Gasteiger partial charge in [-0.15, -0.1) is 0 Å². The molecule has 0 saturated carbocycles. The van der Waals surface area contributed by atoms with Crippen LogP contribution in [0.4, 0.5) is 0 Å². The summed E-state index contributed by atoms with van der Waals surface area (Å²) in [5, 5.41) is 16.0. The van der Waals surface area contributed by atoms with Crippen LogP contribution in [0.3, 0.4) is 0 Å². The number of nitrogens with one attached hydrogen (secondary N) is 2. The first-order valence-electron chi connectivity index (χ1n) is 5.81. The van der Waals surface area contributed by atoms with Crippen molar-refractivity contribution in [1.29, 1.82) is 0 Å². The van der Waals surface area contributed by atoms with E-state index in [0.29, 0.717) is 18.7 Å². The fourth-order valence-electron chi connectivity index (χ4n) is 2.27. The highest BCUT2D eigenvalue weighted by atomic mass is 16.3. The summed E-state index contributed by atoms with van der Waals surface area (Å²) in [6.07, 6.45) is 3.37.